The summed E-state index contributed by atoms with van der Waals surface area (Å²) in [6.45, 7) is 10.2. The van der Waals surface area contributed by atoms with Crippen molar-refractivity contribution in [1.29, 1.82) is 0 Å². The highest BCUT2D eigenvalue weighted by molar-refractivity contribution is 5.84. The number of amides is 1. The molecule has 0 saturated carbocycles. The van der Waals surface area contributed by atoms with Crippen molar-refractivity contribution in [3.8, 4) is 5.75 Å². The van der Waals surface area contributed by atoms with Gasteiger partial charge in [0, 0.05) is 66.5 Å². The maximum Gasteiger partial charge on any atom is 0.211 e. The van der Waals surface area contributed by atoms with Gasteiger partial charge in [-0.15, -0.1) is 0 Å². The minimum absolute atomic E-state index is 0.113. The minimum atomic E-state index is 0.113. The van der Waals surface area contributed by atoms with Gasteiger partial charge >= 0.3 is 0 Å². The molecule has 3 aromatic rings. The van der Waals surface area contributed by atoms with E-state index in [2.05, 4.69) is 63.3 Å². The second kappa shape index (κ2) is 17.5. The lowest BCUT2D eigenvalue weighted by atomic mass is 9.96. The van der Waals surface area contributed by atoms with Crippen molar-refractivity contribution in [3.63, 3.8) is 0 Å². The van der Waals surface area contributed by atoms with Crippen LogP contribution in [0.15, 0.2) is 97.2 Å². The number of nitrogens with two attached hydrogens (primary N) is 3. The number of anilines is 2. The molecule has 6 rings (SSSR count). The maximum absolute atomic E-state index is 10.6. The van der Waals surface area contributed by atoms with Gasteiger partial charge in [0.05, 0.1) is 29.7 Å². The van der Waals surface area contributed by atoms with Crippen LogP contribution in [-0.4, -0.2) is 64.5 Å². The lowest BCUT2D eigenvalue weighted by molar-refractivity contribution is -0.109. The Morgan fingerprint density at radius 1 is 1.06 bits per heavy atom. The summed E-state index contributed by atoms with van der Waals surface area (Å²) >= 11 is 0. The summed E-state index contributed by atoms with van der Waals surface area (Å²) in [5.41, 5.74) is 23.6. The molecule has 9 N–H and O–H groups in total. The first-order valence-electron chi connectivity index (χ1n) is 17.7. The van der Waals surface area contributed by atoms with E-state index in [1.54, 1.807) is 30.5 Å². The number of likely N-dealkylation sites (tertiary alicyclic amines) is 1. The Morgan fingerprint density at radius 3 is 2.52 bits per heavy atom. The van der Waals surface area contributed by atoms with E-state index in [1.807, 2.05) is 29.1 Å². The van der Waals surface area contributed by atoms with Crippen LogP contribution >= 0.6 is 0 Å². The molecule has 2 aliphatic heterocycles. The molecule has 2 atom stereocenters. The number of carbonyl (C=O) groups is 1. The monoisotopic (exact) mass is 679 g/mol. The van der Waals surface area contributed by atoms with Crippen LogP contribution < -0.4 is 32.7 Å². The van der Waals surface area contributed by atoms with Crippen molar-refractivity contribution < 1.29 is 9.90 Å². The van der Waals surface area contributed by atoms with Crippen LogP contribution in [0, 0.1) is 0 Å². The van der Waals surface area contributed by atoms with Gasteiger partial charge in [-0.3, -0.25) is 14.4 Å². The fourth-order valence-electron chi connectivity index (χ4n) is 7.18. The summed E-state index contributed by atoms with van der Waals surface area (Å²) in [5, 5.41) is 20.8. The van der Waals surface area contributed by atoms with Gasteiger partial charge in [0.2, 0.25) is 6.41 Å². The van der Waals surface area contributed by atoms with Crippen LogP contribution in [-0.2, 0) is 4.79 Å². The summed E-state index contributed by atoms with van der Waals surface area (Å²) in [4.78, 5) is 15.6. The highest BCUT2D eigenvalue weighted by atomic mass is 16.3. The van der Waals surface area contributed by atoms with Crippen molar-refractivity contribution in [2.45, 2.75) is 70.0 Å². The van der Waals surface area contributed by atoms with Crippen LogP contribution in [0.5, 0.6) is 5.75 Å². The number of allylic oxidation sites excluding steroid dienone is 3. The van der Waals surface area contributed by atoms with Gasteiger partial charge in [-0.05, 0) is 68.9 Å². The van der Waals surface area contributed by atoms with Crippen molar-refractivity contribution in [2.75, 3.05) is 36.4 Å². The first kappa shape index (κ1) is 36.1. The van der Waals surface area contributed by atoms with Crippen molar-refractivity contribution in [2.24, 2.45) is 17.2 Å². The summed E-state index contributed by atoms with van der Waals surface area (Å²) in [5.74, 6) is 0.278. The van der Waals surface area contributed by atoms with Crippen LogP contribution in [0.2, 0.25) is 0 Å². The summed E-state index contributed by atoms with van der Waals surface area (Å²) in [7, 11) is 0. The Balaban J connectivity index is 0.000000219. The number of benzene rings is 2. The fraction of sp³-hybridized carbons (Fsp3) is 0.385. The summed E-state index contributed by atoms with van der Waals surface area (Å²) in [6, 6.07) is 16.4. The van der Waals surface area contributed by atoms with Crippen molar-refractivity contribution in [1.82, 2.24) is 20.0 Å². The molecule has 50 heavy (non-hydrogen) atoms. The van der Waals surface area contributed by atoms with E-state index in [4.69, 9.17) is 17.2 Å². The quantitative estimate of drug-likeness (QED) is 0.0901. The molecular formula is C39H53N9O2. The number of nitrogens with zero attached hydrogens (tertiary/aromatic N) is 4. The van der Waals surface area contributed by atoms with Crippen molar-refractivity contribution in [3.05, 3.63) is 108 Å². The Hall–Kier alpha value is -5.16. The molecule has 0 spiro atoms. The number of rotatable bonds is 11. The van der Waals surface area contributed by atoms with Gasteiger partial charge in [-0.2, -0.15) is 5.10 Å². The molecule has 1 aliphatic carbocycles. The van der Waals surface area contributed by atoms with Gasteiger partial charge in [0.15, 0.2) is 0 Å². The summed E-state index contributed by atoms with van der Waals surface area (Å²) < 4.78 is 2.03. The molecule has 2 aromatic carbocycles. The average Bonchev–Trinajstić information content (AvgIpc) is 3.63. The Labute approximate surface area is 296 Å². The molecule has 11 heteroatoms. The molecule has 1 fully saturated rings. The SMILES string of the molecule is C=C(NC=O)C(CCC)N1CCNc2ccccc21.NC(N)=C(/C=C(\N)c1ccccc1O)c1cnn(C2CCN(C3CC=CCC3)CC2)c1. The largest absolute Gasteiger partial charge is 0.507 e. The zero-order valence-electron chi connectivity index (χ0n) is 29.2. The second-order valence-corrected chi connectivity index (χ2v) is 13.1. The van der Waals surface area contributed by atoms with E-state index in [9.17, 15) is 9.90 Å². The van der Waals surface area contributed by atoms with E-state index >= 15 is 0 Å². The molecule has 0 bridgehead atoms. The second-order valence-electron chi connectivity index (χ2n) is 13.1. The molecule has 3 aliphatic rings. The average molecular weight is 680 g/mol. The molecule has 11 nitrogen and oxygen atoms in total. The third-order valence-electron chi connectivity index (χ3n) is 9.84. The first-order chi connectivity index (χ1) is 24.3. The smallest absolute Gasteiger partial charge is 0.211 e. The number of fused-ring (bicyclic) bond motifs is 1. The molecular weight excluding hydrogens is 626 g/mol. The minimum Gasteiger partial charge on any atom is -0.507 e. The maximum atomic E-state index is 10.6. The van der Waals surface area contributed by atoms with Crippen molar-refractivity contribution >= 4 is 29.1 Å². The number of hydrogen-bond donors (Lipinski definition) is 6. The zero-order chi connectivity index (χ0) is 35.5. The highest BCUT2D eigenvalue weighted by Gasteiger charge is 2.27. The van der Waals surface area contributed by atoms with Crippen LogP contribution in [0.1, 0.15) is 69.0 Å². The van der Waals surface area contributed by atoms with E-state index in [0.717, 1.165) is 68.8 Å². The lowest BCUT2D eigenvalue weighted by Gasteiger charge is -2.39. The number of hydrogen-bond acceptors (Lipinski definition) is 9. The normalized spacial score (nSPS) is 18.5. The molecule has 2 unspecified atom stereocenters. The summed E-state index contributed by atoms with van der Waals surface area (Å²) in [6.07, 6.45) is 18.6. The number of para-hydroxylation sites is 3. The van der Waals surface area contributed by atoms with Gasteiger partial charge in [0.25, 0.3) is 0 Å². The van der Waals surface area contributed by atoms with E-state index in [-0.39, 0.29) is 17.6 Å². The Morgan fingerprint density at radius 2 is 1.82 bits per heavy atom. The molecule has 1 saturated heterocycles. The third-order valence-corrected chi connectivity index (χ3v) is 9.84. The topological polar surface area (TPSA) is 164 Å². The number of nitrogens with one attached hydrogen (secondary N) is 2. The van der Waals surface area contributed by atoms with E-state index in [1.165, 1.54) is 24.9 Å². The number of carbonyl (C=O) groups excluding carboxylic acids is 1. The molecule has 3 heterocycles. The molecule has 1 amide bonds. The number of phenolic OH excluding ortho intramolecular Hbond substituents is 1. The standard InChI is InChI=1S/C24H32N6O.C15H21N3O/c25-22(20-8-4-5-9-23(20)31)14-21(24(26)27)17-15-28-30(16-17)19-10-12-29(13-11-19)18-6-2-1-3-7-18;1-3-6-14(12(2)17-11-19)18-10-9-16-13-7-4-5-8-15(13)18/h1-2,4-5,8-9,14-16,18-19,31H,3,6-7,10-13,25-27H2;4-5,7-8,11,14,16H,2-3,6,9-10H2,1H3,(H,17,19)/b22-14-;. The predicted octanol–water partition coefficient (Wildman–Crippen LogP) is 5.27. The van der Waals surface area contributed by atoms with Gasteiger partial charge in [-0.25, -0.2) is 0 Å². The van der Waals surface area contributed by atoms with Crippen LogP contribution in [0.3, 0.4) is 0 Å². The van der Waals surface area contributed by atoms with Gasteiger partial charge in [-0.1, -0.05) is 56.3 Å². The predicted molar refractivity (Wildman–Crippen MR) is 204 cm³/mol. The van der Waals surface area contributed by atoms with E-state index < -0.39 is 0 Å². The number of aromatic nitrogens is 2. The highest BCUT2D eigenvalue weighted by Crippen LogP contribution is 2.33. The number of phenols is 1. The molecule has 0 radical (unpaired) electrons. The lowest BCUT2D eigenvalue weighted by Crippen LogP contribution is -2.45. The fourth-order valence-corrected chi connectivity index (χ4v) is 7.18. The number of aromatic hydroxyl groups is 1. The van der Waals surface area contributed by atoms with Crippen LogP contribution in [0.25, 0.3) is 11.3 Å². The third kappa shape index (κ3) is 8.89. The Bertz CT molecular complexity index is 1680. The Kier molecular flexibility index (Phi) is 12.6. The van der Waals surface area contributed by atoms with Crippen LogP contribution in [0.4, 0.5) is 11.4 Å². The van der Waals surface area contributed by atoms with Gasteiger partial charge in [0.1, 0.15) is 11.6 Å². The molecule has 266 valence electrons. The zero-order valence-corrected chi connectivity index (χ0v) is 29.2. The van der Waals surface area contributed by atoms with Gasteiger partial charge < -0.3 is 37.8 Å². The first-order valence-corrected chi connectivity index (χ1v) is 17.7. The molecule has 1 aromatic heterocycles. The van der Waals surface area contributed by atoms with E-state index in [0.29, 0.717) is 35.3 Å². The number of piperidine rings is 1.